The Kier molecular flexibility index (Phi) is 5.18. The van der Waals surface area contributed by atoms with E-state index in [9.17, 15) is 4.79 Å². The quantitative estimate of drug-likeness (QED) is 0.540. The summed E-state index contributed by atoms with van der Waals surface area (Å²) in [7, 11) is 0. The molecule has 0 aliphatic rings. The maximum Gasteiger partial charge on any atom is 0.120 e. The lowest BCUT2D eigenvalue weighted by atomic mass is 9.83. The summed E-state index contributed by atoms with van der Waals surface area (Å²) in [5.41, 5.74) is 0.372. The number of hydrogen-bond donors (Lipinski definition) is 0. The minimum absolute atomic E-state index is 0.372. The molecule has 0 aliphatic heterocycles. The first-order valence-corrected chi connectivity index (χ1v) is 4.56. The molecular weight excluding hydrogens is 136 g/mol. The molecule has 0 atom stereocenters. The molecule has 0 radical (unpaired) electrons. The van der Waals surface area contributed by atoms with Gasteiger partial charge in [0, 0.05) is 6.42 Å². The van der Waals surface area contributed by atoms with Crippen molar-refractivity contribution in [2.75, 3.05) is 0 Å². The standard InChI is InChI=1S/C10H20O/c1-4-5-7-10(2,3)8-6-9-11/h9H,4-8H2,1-3H3. The molecule has 0 amide bonds. The van der Waals surface area contributed by atoms with Crippen LogP contribution in [0, 0.1) is 5.41 Å². The molecule has 0 N–H and O–H groups in total. The minimum Gasteiger partial charge on any atom is -0.303 e. The number of unbranched alkanes of at least 4 members (excludes halogenated alkanes) is 1. The Balaban J connectivity index is 3.51. The zero-order chi connectivity index (χ0) is 8.74. The van der Waals surface area contributed by atoms with Crippen LogP contribution in [0.4, 0.5) is 0 Å². The van der Waals surface area contributed by atoms with Crippen molar-refractivity contribution >= 4 is 6.29 Å². The summed E-state index contributed by atoms with van der Waals surface area (Å²) in [5.74, 6) is 0. The molecule has 0 fully saturated rings. The van der Waals surface area contributed by atoms with E-state index in [2.05, 4.69) is 20.8 Å². The third-order valence-electron chi connectivity index (χ3n) is 2.15. The lowest BCUT2D eigenvalue weighted by molar-refractivity contribution is -0.108. The van der Waals surface area contributed by atoms with Crippen molar-refractivity contribution in [2.24, 2.45) is 5.41 Å². The van der Waals surface area contributed by atoms with E-state index in [1.807, 2.05) is 0 Å². The van der Waals surface area contributed by atoms with Crippen LogP contribution in [0.5, 0.6) is 0 Å². The topological polar surface area (TPSA) is 17.1 Å². The van der Waals surface area contributed by atoms with Crippen molar-refractivity contribution < 1.29 is 4.79 Å². The first-order valence-electron chi connectivity index (χ1n) is 4.56. The second-order valence-corrected chi connectivity index (χ2v) is 3.97. The van der Waals surface area contributed by atoms with Crippen LogP contribution in [-0.4, -0.2) is 6.29 Å². The van der Waals surface area contributed by atoms with Crippen LogP contribution >= 0.6 is 0 Å². The van der Waals surface area contributed by atoms with E-state index < -0.39 is 0 Å². The van der Waals surface area contributed by atoms with Crippen molar-refractivity contribution in [3.05, 3.63) is 0 Å². The van der Waals surface area contributed by atoms with E-state index in [4.69, 9.17) is 0 Å². The van der Waals surface area contributed by atoms with Crippen molar-refractivity contribution in [2.45, 2.75) is 52.9 Å². The van der Waals surface area contributed by atoms with E-state index in [0.717, 1.165) is 19.1 Å². The summed E-state index contributed by atoms with van der Waals surface area (Å²) in [6, 6.07) is 0. The third-order valence-corrected chi connectivity index (χ3v) is 2.15. The Morgan fingerprint density at radius 3 is 2.36 bits per heavy atom. The molecule has 0 aromatic heterocycles. The lowest BCUT2D eigenvalue weighted by Crippen LogP contribution is -2.10. The van der Waals surface area contributed by atoms with E-state index in [-0.39, 0.29) is 0 Å². The van der Waals surface area contributed by atoms with Crippen LogP contribution in [0.2, 0.25) is 0 Å². The summed E-state index contributed by atoms with van der Waals surface area (Å²) in [4.78, 5) is 10.1. The number of carbonyl (C=O) groups excluding carboxylic acids is 1. The van der Waals surface area contributed by atoms with Gasteiger partial charge in [0.15, 0.2) is 0 Å². The largest absolute Gasteiger partial charge is 0.303 e. The van der Waals surface area contributed by atoms with E-state index in [1.165, 1.54) is 19.3 Å². The molecule has 0 heterocycles. The van der Waals surface area contributed by atoms with Crippen LogP contribution < -0.4 is 0 Å². The van der Waals surface area contributed by atoms with Crippen molar-refractivity contribution in [3.63, 3.8) is 0 Å². The monoisotopic (exact) mass is 156 g/mol. The van der Waals surface area contributed by atoms with Crippen LogP contribution in [0.3, 0.4) is 0 Å². The van der Waals surface area contributed by atoms with Gasteiger partial charge in [-0.1, -0.05) is 33.6 Å². The fourth-order valence-corrected chi connectivity index (χ4v) is 1.23. The molecular formula is C10H20O. The summed E-state index contributed by atoms with van der Waals surface area (Å²) in [5, 5.41) is 0. The highest BCUT2D eigenvalue weighted by molar-refractivity contribution is 5.49. The van der Waals surface area contributed by atoms with E-state index >= 15 is 0 Å². The number of carbonyl (C=O) groups is 1. The molecule has 0 unspecified atom stereocenters. The summed E-state index contributed by atoms with van der Waals surface area (Å²) < 4.78 is 0. The molecule has 11 heavy (non-hydrogen) atoms. The maximum absolute atomic E-state index is 10.1. The highest BCUT2D eigenvalue weighted by atomic mass is 16.1. The Morgan fingerprint density at radius 2 is 1.91 bits per heavy atom. The van der Waals surface area contributed by atoms with Gasteiger partial charge in [0.25, 0.3) is 0 Å². The predicted octanol–water partition coefficient (Wildman–Crippen LogP) is 3.18. The molecule has 0 aromatic carbocycles. The van der Waals surface area contributed by atoms with Gasteiger partial charge >= 0.3 is 0 Å². The van der Waals surface area contributed by atoms with Crippen molar-refractivity contribution in [1.82, 2.24) is 0 Å². The molecule has 1 heteroatoms. The molecule has 0 rings (SSSR count). The van der Waals surface area contributed by atoms with Crippen LogP contribution in [0.15, 0.2) is 0 Å². The van der Waals surface area contributed by atoms with Gasteiger partial charge < -0.3 is 4.79 Å². The fourth-order valence-electron chi connectivity index (χ4n) is 1.23. The number of hydrogen-bond acceptors (Lipinski definition) is 1. The van der Waals surface area contributed by atoms with Gasteiger partial charge in [0.1, 0.15) is 6.29 Å². The summed E-state index contributed by atoms with van der Waals surface area (Å²) in [6.45, 7) is 6.69. The lowest BCUT2D eigenvalue weighted by Gasteiger charge is -2.22. The first-order chi connectivity index (χ1) is 5.12. The fraction of sp³-hybridized carbons (Fsp3) is 0.900. The Morgan fingerprint density at radius 1 is 1.27 bits per heavy atom. The molecule has 0 spiro atoms. The van der Waals surface area contributed by atoms with Crippen molar-refractivity contribution in [1.29, 1.82) is 0 Å². The molecule has 0 bridgehead atoms. The van der Waals surface area contributed by atoms with Crippen LogP contribution in [0.1, 0.15) is 52.9 Å². The molecule has 1 nitrogen and oxygen atoms in total. The maximum atomic E-state index is 10.1. The summed E-state index contributed by atoms with van der Waals surface area (Å²) >= 11 is 0. The van der Waals surface area contributed by atoms with Gasteiger partial charge in [0.05, 0.1) is 0 Å². The molecule has 66 valence electrons. The van der Waals surface area contributed by atoms with Gasteiger partial charge in [-0.3, -0.25) is 0 Å². The van der Waals surface area contributed by atoms with Crippen LogP contribution in [-0.2, 0) is 4.79 Å². The SMILES string of the molecule is CCCCC(C)(C)CCC=O. The van der Waals surface area contributed by atoms with Gasteiger partial charge in [0.2, 0.25) is 0 Å². The van der Waals surface area contributed by atoms with Gasteiger partial charge in [-0.05, 0) is 18.3 Å². The molecule has 0 saturated heterocycles. The third kappa shape index (κ3) is 6.08. The van der Waals surface area contributed by atoms with Crippen LogP contribution in [0.25, 0.3) is 0 Å². The highest BCUT2D eigenvalue weighted by Crippen LogP contribution is 2.28. The molecule has 0 aromatic rings. The van der Waals surface area contributed by atoms with Gasteiger partial charge in [-0.15, -0.1) is 0 Å². The predicted molar refractivity (Wildman–Crippen MR) is 48.6 cm³/mol. The van der Waals surface area contributed by atoms with Gasteiger partial charge in [-0.25, -0.2) is 0 Å². The smallest absolute Gasteiger partial charge is 0.120 e. The average molecular weight is 156 g/mol. The Bertz CT molecular complexity index is 105. The molecule has 0 saturated carbocycles. The Hall–Kier alpha value is -0.330. The number of aldehydes is 1. The van der Waals surface area contributed by atoms with Crippen molar-refractivity contribution in [3.8, 4) is 0 Å². The zero-order valence-corrected chi connectivity index (χ0v) is 8.02. The Labute approximate surface area is 70.2 Å². The van der Waals surface area contributed by atoms with Gasteiger partial charge in [-0.2, -0.15) is 0 Å². The first kappa shape index (κ1) is 10.7. The molecule has 0 aliphatic carbocycles. The van der Waals surface area contributed by atoms with E-state index in [0.29, 0.717) is 5.41 Å². The second kappa shape index (κ2) is 5.34. The summed E-state index contributed by atoms with van der Waals surface area (Å²) in [6.07, 6.45) is 6.56. The highest BCUT2D eigenvalue weighted by Gasteiger charge is 2.15. The van der Waals surface area contributed by atoms with E-state index in [1.54, 1.807) is 0 Å². The number of rotatable bonds is 6. The average Bonchev–Trinajstić information content (AvgIpc) is 1.97. The second-order valence-electron chi connectivity index (χ2n) is 3.97. The minimum atomic E-state index is 0.372. The zero-order valence-electron chi connectivity index (χ0n) is 8.02. The normalized spacial score (nSPS) is 11.5.